The van der Waals surface area contributed by atoms with Crippen LogP contribution in [0.4, 0.5) is 0 Å². The van der Waals surface area contributed by atoms with Gasteiger partial charge in [0.25, 0.3) is 0 Å². The largest absolute Gasteiger partial charge is 0.378 e. The Hall–Kier alpha value is -0.910. The van der Waals surface area contributed by atoms with Crippen LogP contribution in [0, 0.1) is 6.92 Å². The summed E-state index contributed by atoms with van der Waals surface area (Å²) >= 11 is 0. The lowest BCUT2D eigenvalue weighted by Gasteiger charge is -2.40. The molecular weight excluding hydrogens is 262 g/mol. The first-order valence-corrected chi connectivity index (χ1v) is 8.06. The molecule has 5 heteroatoms. The molecule has 1 fully saturated rings. The first-order valence-electron chi connectivity index (χ1n) is 6.45. The van der Waals surface area contributed by atoms with Gasteiger partial charge in [-0.25, -0.2) is 8.42 Å². The molecule has 0 unspecified atom stereocenters. The second kappa shape index (κ2) is 5.23. The molecular formula is C14H21NO3S. The number of aryl methyl sites for hydroxylation is 1. The van der Waals surface area contributed by atoms with Crippen molar-refractivity contribution in [1.29, 1.82) is 0 Å². The second-order valence-corrected chi connectivity index (χ2v) is 7.57. The molecule has 4 nitrogen and oxygen atoms in total. The Kier molecular flexibility index (Phi) is 3.99. The van der Waals surface area contributed by atoms with Gasteiger partial charge in [-0.2, -0.15) is 4.31 Å². The van der Waals surface area contributed by atoms with E-state index in [1.165, 1.54) is 0 Å². The fourth-order valence-corrected chi connectivity index (χ4v) is 4.26. The van der Waals surface area contributed by atoms with Crippen molar-refractivity contribution in [2.75, 3.05) is 19.8 Å². The maximum atomic E-state index is 12.5. The van der Waals surface area contributed by atoms with Crippen LogP contribution in [0.2, 0.25) is 0 Å². The molecule has 0 aromatic heterocycles. The van der Waals surface area contributed by atoms with Gasteiger partial charge in [-0.1, -0.05) is 29.8 Å². The normalized spacial score (nSPS) is 20.4. The van der Waals surface area contributed by atoms with Crippen LogP contribution in [-0.4, -0.2) is 38.0 Å². The highest BCUT2D eigenvalue weighted by atomic mass is 32.2. The van der Waals surface area contributed by atoms with Crippen molar-refractivity contribution in [2.45, 2.75) is 32.1 Å². The van der Waals surface area contributed by atoms with Crippen LogP contribution in [-0.2, 0) is 20.5 Å². The van der Waals surface area contributed by atoms with Crippen LogP contribution >= 0.6 is 0 Å². The molecule has 2 rings (SSSR count). The zero-order valence-electron chi connectivity index (χ0n) is 11.7. The number of hydrogen-bond donors (Lipinski definition) is 0. The molecule has 1 saturated heterocycles. The summed E-state index contributed by atoms with van der Waals surface area (Å²) in [5.41, 5.74) is 1.49. The first-order chi connectivity index (χ1) is 8.81. The molecule has 106 valence electrons. The Morgan fingerprint density at radius 1 is 1.26 bits per heavy atom. The molecule has 1 aromatic carbocycles. The quantitative estimate of drug-likeness (QED) is 0.851. The van der Waals surface area contributed by atoms with Gasteiger partial charge in [-0.15, -0.1) is 0 Å². The summed E-state index contributed by atoms with van der Waals surface area (Å²) in [6, 6.07) is 7.63. The molecule has 19 heavy (non-hydrogen) atoms. The summed E-state index contributed by atoms with van der Waals surface area (Å²) in [6.07, 6.45) is 0. The molecule has 1 aliphatic heterocycles. The number of nitrogens with zero attached hydrogens (tertiary/aromatic N) is 1. The lowest BCUT2D eigenvalue weighted by atomic mass is 10.1. The van der Waals surface area contributed by atoms with Crippen LogP contribution < -0.4 is 0 Å². The third kappa shape index (κ3) is 3.35. The van der Waals surface area contributed by atoms with E-state index in [9.17, 15) is 8.42 Å². The van der Waals surface area contributed by atoms with Gasteiger partial charge in [0, 0.05) is 6.54 Å². The van der Waals surface area contributed by atoms with Crippen molar-refractivity contribution in [3.63, 3.8) is 0 Å². The number of ether oxygens (including phenoxy) is 1. The van der Waals surface area contributed by atoms with E-state index < -0.39 is 15.6 Å². The lowest BCUT2D eigenvalue weighted by molar-refractivity contribution is -0.00777. The third-order valence-corrected chi connectivity index (χ3v) is 5.42. The molecule has 1 heterocycles. The van der Waals surface area contributed by atoms with Crippen molar-refractivity contribution >= 4 is 10.0 Å². The minimum Gasteiger partial charge on any atom is -0.378 e. The van der Waals surface area contributed by atoms with Crippen LogP contribution in [0.5, 0.6) is 0 Å². The number of morpholine rings is 1. The fourth-order valence-electron chi connectivity index (χ4n) is 2.33. The first kappa shape index (κ1) is 14.5. The van der Waals surface area contributed by atoms with Gasteiger partial charge >= 0.3 is 0 Å². The Morgan fingerprint density at radius 2 is 1.89 bits per heavy atom. The molecule has 0 bridgehead atoms. The molecule has 0 atom stereocenters. The zero-order chi connectivity index (χ0) is 14.1. The van der Waals surface area contributed by atoms with Gasteiger partial charge in [-0.05, 0) is 26.3 Å². The Balaban J connectivity index is 2.20. The average Bonchev–Trinajstić information content (AvgIpc) is 2.31. The molecule has 0 N–H and O–H groups in total. The highest BCUT2D eigenvalue weighted by Gasteiger charge is 2.38. The molecule has 0 spiro atoms. The predicted octanol–water partition coefficient (Wildman–Crippen LogP) is 1.94. The Bertz CT molecular complexity index is 534. The molecule has 1 aromatic rings. The van der Waals surface area contributed by atoms with Gasteiger partial charge in [0.1, 0.15) is 0 Å². The van der Waals surface area contributed by atoms with Crippen molar-refractivity contribution in [3.8, 4) is 0 Å². The number of benzene rings is 1. The minimum absolute atomic E-state index is 0.0523. The van der Waals surface area contributed by atoms with Gasteiger partial charge in [-0.3, -0.25) is 0 Å². The van der Waals surface area contributed by atoms with Gasteiger partial charge < -0.3 is 4.74 Å². The molecule has 0 radical (unpaired) electrons. The molecule has 1 aliphatic rings. The van der Waals surface area contributed by atoms with Crippen LogP contribution in [0.25, 0.3) is 0 Å². The van der Waals surface area contributed by atoms with Crippen LogP contribution in [0.3, 0.4) is 0 Å². The van der Waals surface area contributed by atoms with E-state index in [1.54, 1.807) is 4.31 Å². The average molecular weight is 283 g/mol. The van der Waals surface area contributed by atoms with Gasteiger partial charge in [0.05, 0.1) is 24.5 Å². The van der Waals surface area contributed by atoms with Gasteiger partial charge in [0.15, 0.2) is 0 Å². The maximum absolute atomic E-state index is 12.5. The van der Waals surface area contributed by atoms with E-state index >= 15 is 0 Å². The minimum atomic E-state index is -3.30. The van der Waals surface area contributed by atoms with E-state index in [0.29, 0.717) is 19.8 Å². The predicted molar refractivity (Wildman–Crippen MR) is 75.4 cm³/mol. The van der Waals surface area contributed by atoms with E-state index in [1.807, 2.05) is 45.0 Å². The highest BCUT2D eigenvalue weighted by Crippen LogP contribution is 2.25. The van der Waals surface area contributed by atoms with Crippen molar-refractivity contribution in [3.05, 3.63) is 35.4 Å². The van der Waals surface area contributed by atoms with Crippen molar-refractivity contribution in [1.82, 2.24) is 4.31 Å². The van der Waals surface area contributed by atoms with Crippen molar-refractivity contribution in [2.24, 2.45) is 0 Å². The third-order valence-electron chi connectivity index (χ3n) is 3.37. The molecule has 0 aliphatic carbocycles. The van der Waals surface area contributed by atoms with Gasteiger partial charge in [0.2, 0.25) is 10.0 Å². The zero-order valence-corrected chi connectivity index (χ0v) is 12.5. The fraction of sp³-hybridized carbons (Fsp3) is 0.571. The highest BCUT2D eigenvalue weighted by molar-refractivity contribution is 7.88. The maximum Gasteiger partial charge on any atom is 0.218 e. The van der Waals surface area contributed by atoms with Crippen molar-refractivity contribution < 1.29 is 13.2 Å². The lowest BCUT2D eigenvalue weighted by Crippen LogP contribution is -2.55. The Morgan fingerprint density at radius 3 is 2.47 bits per heavy atom. The summed E-state index contributed by atoms with van der Waals surface area (Å²) in [5.74, 6) is 0.0523. The summed E-state index contributed by atoms with van der Waals surface area (Å²) in [4.78, 5) is 0. The summed E-state index contributed by atoms with van der Waals surface area (Å²) in [7, 11) is -3.30. The topological polar surface area (TPSA) is 46.6 Å². The Labute approximate surface area is 115 Å². The van der Waals surface area contributed by atoms with E-state index in [0.717, 1.165) is 11.1 Å². The summed E-state index contributed by atoms with van der Waals surface area (Å²) in [5, 5.41) is 0. The van der Waals surface area contributed by atoms with E-state index in [2.05, 4.69) is 0 Å². The molecule has 0 saturated carbocycles. The summed E-state index contributed by atoms with van der Waals surface area (Å²) < 4.78 is 32.0. The van der Waals surface area contributed by atoms with E-state index in [4.69, 9.17) is 4.74 Å². The second-order valence-electron chi connectivity index (χ2n) is 5.68. The molecule has 0 amide bonds. The number of sulfonamides is 1. The number of hydrogen-bond acceptors (Lipinski definition) is 3. The summed E-state index contributed by atoms with van der Waals surface area (Å²) in [6.45, 7) is 7.14. The smallest absolute Gasteiger partial charge is 0.218 e. The number of rotatable bonds is 3. The van der Waals surface area contributed by atoms with Crippen LogP contribution in [0.1, 0.15) is 25.0 Å². The van der Waals surface area contributed by atoms with E-state index in [-0.39, 0.29) is 5.75 Å². The monoisotopic (exact) mass is 283 g/mol. The standard InChI is InChI=1S/C14H21NO3S/c1-12-4-6-13(7-5-12)10-19(16,17)15-8-9-18-11-14(15,2)3/h4-7H,8-11H2,1-3H3. The van der Waals surface area contributed by atoms with Crippen LogP contribution in [0.15, 0.2) is 24.3 Å². The SMILES string of the molecule is Cc1ccc(CS(=O)(=O)N2CCOCC2(C)C)cc1.